The minimum absolute atomic E-state index is 0.315. The largest absolute Gasteiger partial charge is 0.456 e. The summed E-state index contributed by atoms with van der Waals surface area (Å²) in [6.07, 6.45) is 2.40. The summed E-state index contributed by atoms with van der Waals surface area (Å²) in [5.74, 6) is 1.06. The summed E-state index contributed by atoms with van der Waals surface area (Å²) in [5, 5.41) is 9.51. The van der Waals surface area contributed by atoms with Gasteiger partial charge in [-0.05, 0) is 36.8 Å². The second-order valence-corrected chi connectivity index (χ2v) is 4.59. The maximum atomic E-state index is 9.14. The van der Waals surface area contributed by atoms with Gasteiger partial charge in [0.1, 0.15) is 23.1 Å². The Morgan fingerprint density at radius 3 is 2.80 bits per heavy atom. The van der Waals surface area contributed by atoms with Crippen molar-refractivity contribution < 1.29 is 4.74 Å². The van der Waals surface area contributed by atoms with Crippen LogP contribution in [-0.4, -0.2) is 0 Å². The fourth-order valence-corrected chi connectivity index (χ4v) is 2.04. The first-order chi connectivity index (χ1) is 9.65. The molecular weight excluding hydrogens is 272 g/mol. The van der Waals surface area contributed by atoms with E-state index < -0.39 is 0 Å². The Morgan fingerprint density at radius 2 is 2.10 bits per heavy atom. The highest BCUT2D eigenvalue weighted by atomic mass is 35.5. The van der Waals surface area contributed by atoms with E-state index in [-0.39, 0.29) is 0 Å². The number of rotatable bonds is 4. The maximum Gasteiger partial charge on any atom is 0.146 e. The lowest BCUT2D eigenvalue weighted by Gasteiger charge is -2.12. The summed E-state index contributed by atoms with van der Waals surface area (Å²) in [7, 11) is 0. The van der Waals surface area contributed by atoms with Crippen LogP contribution in [0.3, 0.4) is 0 Å². The monoisotopic (exact) mass is 284 g/mol. The van der Waals surface area contributed by atoms with Gasteiger partial charge in [0.15, 0.2) is 0 Å². The molecule has 0 aliphatic heterocycles. The molecule has 2 aromatic rings. The van der Waals surface area contributed by atoms with Crippen molar-refractivity contribution in [2.45, 2.75) is 6.42 Å². The number of nitrogens with zero attached hydrogens (tertiary/aromatic N) is 1. The molecule has 0 radical (unpaired) electrons. The van der Waals surface area contributed by atoms with E-state index in [9.17, 15) is 0 Å². The molecule has 0 saturated carbocycles. The van der Waals surface area contributed by atoms with E-state index in [0.29, 0.717) is 34.2 Å². The predicted molar refractivity (Wildman–Crippen MR) is 81.0 cm³/mol. The van der Waals surface area contributed by atoms with Crippen molar-refractivity contribution in [1.29, 1.82) is 5.26 Å². The van der Waals surface area contributed by atoms with Gasteiger partial charge in [-0.25, -0.2) is 0 Å². The number of nitriles is 1. The van der Waals surface area contributed by atoms with E-state index in [2.05, 4.69) is 6.58 Å². The highest BCUT2D eigenvalue weighted by molar-refractivity contribution is 6.31. The van der Waals surface area contributed by atoms with Crippen molar-refractivity contribution in [3.8, 4) is 17.6 Å². The minimum atomic E-state index is 0.315. The first kappa shape index (κ1) is 14.0. The molecule has 100 valence electrons. The Hall–Kier alpha value is -2.44. The second kappa shape index (κ2) is 6.14. The molecule has 3 nitrogen and oxygen atoms in total. The number of nitrogens with two attached hydrogens (primary N) is 1. The fraction of sp³-hybridized carbons (Fsp3) is 0.0625. The molecule has 4 heteroatoms. The summed E-state index contributed by atoms with van der Waals surface area (Å²) in [5.41, 5.74) is 7.64. The van der Waals surface area contributed by atoms with Crippen LogP contribution in [0.2, 0.25) is 5.02 Å². The Morgan fingerprint density at radius 1 is 1.30 bits per heavy atom. The molecule has 0 aliphatic rings. The molecule has 0 atom stereocenters. The van der Waals surface area contributed by atoms with Crippen LogP contribution in [0.4, 0.5) is 5.69 Å². The third kappa shape index (κ3) is 2.93. The highest BCUT2D eigenvalue weighted by Gasteiger charge is 2.11. The summed E-state index contributed by atoms with van der Waals surface area (Å²) < 4.78 is 5.81. The van der Waals surface area contributed by atoms with Crippen molar-refractivity contribution in [2.75, 3.05) is 5.73 Å². The van der Waals surface area contributed by atoms with E-state index >= 15 is 0 Å². The van der Waals surface area contributed by atoms with Crippen LogP contribution < -0.4 is 10.5 Å². The number of halogens is 1. The molecule has 0 bridgehead atoms. The molecule has 0 aromatic heterocycles. The Kier molecular flexibility index (Phi) is 4.29. The predicted octanol–water partition coefficient (Wildman–Crippen LogP) is 4.31. The average Bonchev–Trinajstić information content (AvgIpc) is 2.42. The molecule has 2 aromatic carbocycles. The van der Waals surface area contributed by atoms with Gasteiger partial charge in [-0.2, -0.15) is 5.26 Å². The van der Waals surface area contributed by atoms with Crippen molar-refractivity contribution in [2.24, 2.45) is 0 Å². The molecule has 0 amide bonds. The normalized spacial score (nSPS) is 9.80. The third-order valence-electron chi connectivity index (χ3n) is 2.76. The number of ether oxygens (including phenoxy) is 1. The molecule has 0 unspecified atom stereocenters. The van der Waals surface area contributed by atoms with Crippen molar-refractivity contribution in [3.63, 3.8) is 0 Å². The average molecular weight is 285 g/mol. The highest BCUT2D eigenvalue weighted by Crippen LogP contribution is 2.32. The standard InChI is InChI=1S/C16H13ClN2O/c1-2-4-11-9-12(19)7-8-15(11)20-16-6-3-5-14(17)13(16)10-18/h2-3,5-9H,1,4,19H2. The van der Waals surface area contributed by atoms with Gasteiger partial charge in [0.2, 0.25) is 0 Å². The second-order valence-electron chi connectivity index (χ2n) is 4.19. The van der Waals surface area contributed by atoms with Crippen LogP contribution in [0.5, 0.6) is 11.5 Å². The topological polar surface area (TPSA) is 59.0 Å². The van der Waals surface area contributed by atoms with Crippen LogP contribution in [0.25, 0.3) is 0 Å². The zero-order valence-corrected chi connectivity index (χ0v) is 11.5. The Bertz CT molecular complexity index is 689. The van der Waals surface area contributed by atoms with Gasteiger partial charge < -0.3 is 10.5 Å². The van der Waals surface area contributed by atoms with Gasteiger partial charge in [-0.1, -0.05) is 23.7 Å². The van der Waals surface area contributed by atoms with Crippen LogP contribution in [0, 0.1) is 11.3 Å². The Balaban J connectivity index is 2.43. The number of allylic oxidation sites excluding steroid dienone is 1. The third-order valence-corrected chi connectivity index (χ3v) is 3.07. The zero-order valence-electron chi connectivity index (χ0n) is 10.8. The van der Waals surface area contributed by atoms with Crippen molar-refractivity contribution >= 4 is 17.3 Å². The van der Waals surface area contributed by atoms with E-state index in [1.54, 1.807) is 36.4 Å². The van der Waals surface area contributed by atoms with Crippen LogP contribution in [0.15, 0.2) is 49.1 Å². The number of nitrogen functional groups attached to an aromatic ring is 1. The number of benzene rings is 2. The number of hydrogen-bond acceptors (Lipinski definition) is 3. The van der Waals surface area contributed by atoms with Gasteiger partial charge in [0.05, 0.1) is 5.02 Å². The summed E-state index contributed by atoms with van der Waals surface area (Å²) >= 11 is 5.98. The molecule has 2 N–H and O–H groups in total. The molecule has 0 spiro atoms. The molecule has 2 rings (SSSR count). The molecule has 0 fully saturated rings. The van der Waals surface area contributed by atoms with Gasteiger partial charge in [0, 0.05) is 11.3 Å². The van der Waals surface area contributed by atoms with E-state index in [1.165, 1.54) is 0 Å². The first-order valence-electron chi connectivity index (χ1n) is 6.01. The van der Waals surface area contributed by atoms with Crippen LogP contribution in [0.1, 0.15) is 11.1 Å². The van der Waals surface area contributed by atoms with Gasteiger partial charge in [-0.3, -0.25) is 0 Å². The van der Waals surface area contributed by atoms with Gasteiger partial charge in [0.25, 0.3) is 0 Å². The van der Waals surface area contributed by atoms with Gasteiger partial charge in [-0.15, -0.1) is 6.58 Å². The van der Waals surface area contributed by atoms with Gasteiger partial charge >= 0.3 is 0 Å². The molecule has 0 saturated heterocycles. The first-order valence-corrected chi connectivity index (χ1v) is 6.39. The summed E-state index contributed by atoms with van der Waals surface area (Å²) in [6.45, 7) is 3.71. The quantitative estimate of drug-likeness (QED) is 0.672. The SMILES string of the molecule is C=CCc1cc(N)ccc1Oc1cccc(Cl)c1C#N. The lowest BCUT2D eigenvalue weighted by molar-refractivity contribution is 0.476. The van der Waals surface area contributed by atoms with Crippen LogP contribution >= 0.6 is 11.6 Å². The minimum Gasteiger partial charge on any atom is -0.456 e. The van der Waals surface area contributed by atoms with E-state index in [4.69, 9.17) is 27.3 Å². The lowest BCUT2D eigenvalue weighted by atomic mass is 10.1. The molecular formula is C16H13ClN2O. The maximum absolute atomic E-state index is 9.14. The lowest BCUT2D eigenvalue weighted by Crippen LogP contribution is -1.95. The molecule has 20 heavy (non-hydrogen) atoms. The fourth-order valence-electron chi connectivity index (χ4n) is 1.83. The van der Waals surface area contributed by atoms with Crippen molar-refractivity contribution in [3.05, 3.63) is 65.2 Å². The van der Waals surface area contributed by atoms with E-state index in [0.717, 1.165) is 5.56 Å². The molecule has 0 aliphatic carbocycles. The molecule has 0 heterocycles. The van der Waals surface area contributed by atoms with Crippen molar-refractivity contribution in [1.82, 2.24) is 0 Å². The van der Waals surface area contributed by atoms with E-state index in [1.807, 2.05) is 12.1 Å². The number of anilines is 1. The van der Waals surface area contributed by atoms with Crippen LogP contribution in [-0.2, 0) is 6.42 Å². The smallest absolute Gasteiger partial charge is 0.146 e. The Labute approximate surface area is 122 Å². The zero-order chi connectivity index (χ0) is 14.5. The summed E-state index contributed by atoms with van der Waals surface area (Å²) in [6, 6.07) is 12.5. The number of hydrogen-bond donors (Lipinski definition) is 1. The summed E-state index contributed by atoms with van der Waals surface area (Å²) in [4.78, 5) is 0.